The summed E-state index contributed by atoms with van der Waals surface area (Å²) in [4.78, 5) is 15.4. The lowest BCUT2D eigenvalue weighted by Gasteiger charge is -2.06. The van der Waals surface area contributed by atoms with Crippen LogP contribution in [0.4, 0.5) is 0 Å². The Labute approximate surface area is 112 Å². The number of benzene rings is 1. The highest BCUT2D eigenvalue weighted by Gasteiger charge is 2.13. The van der Waals surface area contributed by atoms with E-state index in [0.29, 0.717) is 26.0 Å². The van der Waals surface area contributed by atoms with E-state index >= 15 is 0 Å². The molecule has 1 aromatic heterocycles. The molecular formula is C11H6Cl3NO2. The van der Waals surface area contributed by atoms with Gasteiger partial charge in [0.2, 0.25) is 0 Å². The summed E-state index contributed by atoms with van der Waals surface area (Å²) in [6.45, 7) is 0. The van der Waals surface area contributed by atoms with E-state index in [1.807, 2.05) is 0 Å². The molecule has 88 valence electrons. The third-order valence-electron chi connectivity index (χ3n) is 2.22. The van der Waals surface area contributed by atoms with Crippen LogP contribution in [0.2, 0.25) is 15.1 Å². The smallest absolute Gasteiger partial charge is 0.356 e. The van der Waals surface area contributed by atoms with Gasteiger partial charge in [0.15, 0.2) is 0 Å². The van der Waals surface area contributed by atoms with Crippen molar-refractivity contribution >= 4 is 51.7 Å². The molecule has 0 fully saturated rings. The normalized spacial score (nSPS) is 10.6. The van der Waals surface area contributed by atoms with Crippen molar-refractivity contribution in [1.29, 1.82) is 0 Å². The summed E-state index contributed by atoms with van der Waals surface area (Å²) in [5.74, 6) is -0.533. The Hall–Kier alpha value is -1.03. The highest BCUT2D eigenvalue weighted by molar-refractivity contribution is 6.47. The molecule has 0 saturated carbocycles. The molecule has 0 atom stereocenters. The van der Waals surface area contributed by atoms with Gasteiger partial charge >= 0.3 is 5.97 Å². The van der Waals surface area contributed by atoms with Crippen LogP contribution < -0.4 is 0 Å². The number of fused-ring (bicyclic) bond motifs is 1. The lowest BCUT2D eigenvalue weighted by atomic mass is 10.2. The Morgan fingerprint density at radius 3 is 2.59 bits per heavy atom. The lowest BCUT2D eigenvalue weighted by molar-refractivity contribution is 0.0594. The zero-order valence-electron chi connectivity index (χ0n) is 8.63. The number of hydrogen-bond acceptors (Lipinski definition) is 3. The molecular weight excluding hydrogens is 284 g/mol. The first-order valence-electron chi connectivity index (χ1n) is 4.57. The minimum absolute atomic E-state index is 0.167. The number of aromatic nitrogens is 1. The van der Waals surface area contributed by atoms with Gasteiger partial charge in [-0.15, -0.1) is 0 Å². The maximum Gasteiger partial charge on any atom is 0.356 e. The lowest BCUT2D eigenvalue weighted by Crippen LogP contribution is -2.04. The SMILES string of the molecule is COC(=O)c1ccc2c(Cl)c(Cl)cc(Cl)c2n1. The van der Waals surface area contributed by atoms with E-state index < -0.39 is 5.97 Å². The number of ether oxygens (including phenoxy) is 1. The maximum absolute atomic E-state index is 11.3. The molecule has 2 aromatic rings. The summed E-state index contributed by atoms with van der Waals surface area (Å²) in [7, 11) is 1.28. The third kappa shape index (κ3) is 2.18. The Bertz CT molecular complexity index is 613. The van der Waals surface area contributed by atoms with Crippen molar-refractivity contribution in [1.82, 2.24) is 4.98 Å². The Morgan fingerprint density at radius 2 is 1.94 bits per heavy atom. The van der Waals surface area contributed by atoms with E-state index in [0.717, 1.165) is 0 Å². The van der Waals surface area contributed by atoms with E-state index in [4.69, 9.17) is 34.8 Å². The fourth-order valence-corrected chi connectivity index (χ4v) is 2.14. The third-order valence-corrected chi connectivity index (χ3v) is 3.31. The second-order valence-corrected chi connectivity index (χ2v) is 4.43. The first-order chi connectivity index (χ1) is 8.04. The van der Waals surface area contributed by atoms with Crippen LogP contribution in [0.5, 0.6) is 0 Å². The van der Waals surface area contributed by atoms with Crippen LogP contribution in [0, 0.1) is 0 Å². The van der Waals surface area contributed by atoms with Gasteiger partial charge in [0.1, 0.15) is 5.69 Å². The molecule has 2 rings (SSSR count). The van der Waals surface area contributed by atoms with Gasteiger partial charge in [0.25, 0.3) is 0 Å². The van der Waals surface area contributed by atoms with Gasteiger partial charge in [-0.2, -0.15) is 0 Å². The van der Waals surface area contributed by atoms with Gasteiger partial charge in [-0.1, -0.05) is 34.8 Å². The van der Waals surface area contributed by atoms with Gasteiger partial charge in [0, 0.05) is 5.39 Å². The zero-order chi connectivity index (χ0) is 12.6. The van der Waals surface area contributed by atoms with Gasteiger partial charge in [-0.3, -0.25) is 0 Å². The largest absolute Gasteiger partial charge is 0.464 e. The molecule has 0 radical (unpaired) electrons. The van der Waals surface area contributed by atoms with E-state index in [9.17, 15) is 4.79 Å². The molecule has 0 aliphatic carbocycles. The van der Waals surface area contributed by atoms with Gasteiger partial charge in [0.05, 0.1) is 27.7 Å². The number of carbonyl (C=O) groups is 1. The van der Waals surface area contributed by atoms with Crippen molar-refractivity contribution in [3.05, 3.63) is 39.0 Å². The number of pyridine rings is 1. The highest BCUT2D eigenvalue weighted by Crippen LogP contribution is 2.34. The van der Waals surface area contributed by atoms with Crippen LogP contribution >= 0.6 is 34.8 Å². The van der Waals surface area contributed by atoms with Crippen LogP contribution in [0.15, 0.2) is 18.2 Å². The molecule has 3 nitrogen and oxygen atoms in total. The highest BCUT2D eigenvalue weighted by atomic mass is 35.5. The Morgan fingerprint density at radius 1 is 1.24 bits per heavy atom. The second-order valence-electron chi connectivity index (χ2n) is 3.24. The molecule has 0 saturated heterocycles. The molecule has 0 aliphatic rings. The topological polar surface area (TPSA) is 39.2 Å². The molecule has 0 amide bonds. The van der Waals surface area contributed by atoms with Crippen molar-refractivity contribution < 1.29 is 9.53 Å². The summed E-state index contributed by atoms with van der Waals surface area (Å²) in [6.07, 6.45) is 0. The minimum Gasteiger partial charge on any atom is -0.464 e. The number of methoxy groups -OCH3 is 1. The Kier molecular flexibility index (Phi) is 3.43. The van der Waals surface area contributed by atoms with Crippen molar-refractivity contribution in [2.45, 2.75) is 0 Å². The number of nitrogens with zero attached hydrogens (tertiary/aromatic N) is 1. The molecule has 6 heteroatoms. The van der Waals surface area contributed by atoms with Crippen LogP contribution in [0.3, 0.4) is 0 Å². The molecule has 0 bridgehead atoms. The molecule has 0 spiro atoms. The number of hydrogen-bond donors (Lipinski definition) is 0. The van der Waals surface area contributed by atoms with Crippen molar-refractivity contribution in [3.8, 4) is 0 Å². The van der Waals surface area contributed by atoms with Crippen LogP contribution in [-0.2, 0) is 4.74 Å². The summed E-state index contributed by atoms with van der Waals surface area (Å²) in [5.41, 5.74) is 0.587. The minimum atomic E-state index is -0.533. The fraction of sp³-hybridized carbons (Fsp3) is 0.0909. The first kappa shape index (κ1) is 12.4. The predicted octanol–water partition coefficient (Wildman–Crippen LogP) is 3.98. The second kappa shape index (κ2) is 4.69. The molecule has 0 unspecified atom stereocenters. The number of halogens is 3. The molecule has 17 heavy (non-hydrogen) atoms. The van der Waals surface area contributed by atoms with Crippen LogP contribution in [-0.4, -0.2) is 18.1 Å². The standard InChI is InChI=1S/C11H6Cl3NO2/c1-17-11(16)8-3-2-5-9(14)6(12)4-7(13)10(5)15-8/h2-4H,1H3. The first-order valence-corrected chi connectivity index (χ1v) is 5.70. The number of carbonyl (C=O) groups excluding carboxylic acids is 1. The van der Waals surface area contributed by atoms with Crippen molar-refractivity contribution in [3.63, 3.8) is 0 Å². The van der Waals surface area contributed by atoms with E-state index in [1.54, 1.807) is 6.07 Å². The molecule has 1 aromatic carbocycles. The predicted molar refractivity (Wildman–Crippen MR) is 68.1 cm³/mol. The maximum atomic E-state index is 11.3. The summed E-state index contributed by atoms with van der Waals surface area (Å²) >= 11 is 17.9. The van der Waals surface area contributed by atoms with E-state index in [-0.39, 0.29) is 5.69 Å². The molecule has 0 N–H and O–H groups in total. The molecule has 0 aliphatic heterocycles. The van der Waals surface area contributed by atoms with Gasteiger partial charge in [-0.25, -0.2) is 9.78 Å². The fourth-order valence-electron chi connectivity index (χ4n) is 1.41. The zero-order valence-corrected chi connectivity index (χ0v) is 10.9. The summed E-state index contributed by atoms with van der Waals surface area (Å²) in [6, 6.07) is 4.63. The van der Waals surface area contributed by atoms with Gasteiger partial charge < -0.3 is 4.74 Å². The summed E-state index contributed by atoms with van der Waals surface area (Å²) < 4.78 is 4.58. The van der Waals surface area contributed by atoms with E-state index in [2.05, 4.69) is 9.72 Å². The summed E-state index contributed by atoms with van der Waals surface area (Å²) in [5, 5.41) is 1.63. The number of rotatable bonds is 1. The quantitative estimate of drug-likeness (QED) is 0.589. The van der Waals surface area contributed by atoms with Crippen LogP contribution in [0.25, 0.3) is 10.9 Å². The van der Waals surface area contributed by atoms with E-state index in [1.165, 1.54) is 19.2 Å². The van der Waals surface area contributed by atoms with Crippen molar-refractivity contribution in [2.24, 2.45) is 0 Å². The molecule has 1 heterocycles. The average molecular weight is 291 g/mol. The average Bonchev–Trinajstić information content (AvgIpc) is 2.34. The van der Waals surface area contributed by atoms with Crippen LogP contribution in [0.1, 0.15) is 10.5 Å². The van der Waals surface area contributed by atoms with Gasteiger partial charge in [-0.05, 0) is 18.2 Å². The monoisotopic (exact) mass is 289 g/mol. The number of esters is 1. The Balaban J connectivity index is 2.74. The van der Waals surface area contributed by atoms with Crippen molar-refractivity contribution in [2.75, 3.05) is 7.11 Å².